The third-order valence-electron chi connectivity index (χ3n) is 3.31. The molecule has 1 atom stereocenters. The van der Waals surface area contributed by atoms with Gasteiger partial charge in [0.1, 0.15) is 11.0 Å². The Balaban J connectivity index is 2.23. The van der Waals surface area contributed by atoms with E-state index in [1.54, 1.807) is 38.1 Å². The number of ether oxygens (including phenoxy) is 1. The van der Waals surface area contributed by atoms with Crippen molar-refractivity contribution in [3.8, 4) is 5.75 Å². The molecule has 24 heavy (non-hydrogen) atoms. The van der Waals surface area contributed by atoms with Gasteiger partial charge in [-0.3, -0.25) is 4.79 Å². The van der Waals surface area contributed by atoms with Crippen molar-refractivity contribution in [2.75, 3.05) is 7.11 Å². The summed E-state index contributed by atoms with van der Waals surface area (Å²) in [5.41, 5.74) is 1.10. The van der Waals surface area contributed by atoms with Crippen LogP contribution in [-0.2, 0) is 0 Å². The van der Waals surface area contributed by atoms with Gasteiger partial charge in [0.2, 0.25) is 5.91 Å². The summed E-state index contributed by atoms with van der Waals surface area (Å²) in [5, 5.41) is 2.07. The lowest BCUT2D eigenvalue weighted by Crippen LogP contribution is -2.30. The van der Waals surface area contributed by atoms with Gasteiger partial charge in [-0.25, -0.2) is 4.68 Å². The van der Waals surface area contributed by atoms with Gasteiger partial charge in [-0.05, 0) is 32.0 Å². The number of alkyl halides is 3. The number of carbonyl (C=O) groups excluding carboxylic acids is 1. The largest absolute Gasteiger partial charge is 0.496 e. The zero-order chi connectivity index (χ0) is 17.9. The van der Waals surface area contributed by atoms with E-state index in [9.17, 15) is 18.0 Å². The highest BCUT2D eigenvalue weighted by Crippen LogP contribution is 2.40. The highest BCUT2D eigenvalue weighted by molar-refractivity contribution is 8.00. The number of para-hydroxylation sites is 1. The predicted molar refractivity (Wildman–Crippen MR) is 85.6 cm³/mol. The van der Waals surface area contributed by atoms with Crippen LogP contribution in [0.2, 0.25) is 0 Å². The molecule has 0 unspecified atom stereocenters. The van der Waals surface area contributed by atoms with Crippen molar-refractivity contribution in [3.05, 3.63) is 41.7 Å². The molecule has 8 heteroatoms. The Labute approximate surface area is 142 Å². The molecular weight excluding hydrogens is 341 g/mol. The van der Waals surface area contributed by atoms with Crippen LogP contribution >= 0.6 is 11.8 Å². The van der Waals surface area contributed by atoms with Crippen molar-refractivity contribution in [1.82, 2.24) is 9.78 Å². The van der Waals surface area contributed by atoms with Crippen LogP contribution in [0.25, 0.3) is 0 Å². The van der Waals surface area contributed by atoms with E-state index in [2.05, 4.69) is 5.10 Å². The lowest BCUT2D eigenvalue weighted by Gasteiger charge is -2.20. The van der Waals surface area contributed by atoms with Gasteiger partial charge in [-0.1, -0.05) is 12.1 Å². The maximum absolute atomic E-state index is 13.4. The van der Waals surface area contributed by atoms with Crippen molar-refractivity contribution in [3.63, 3.8) is 0 Å². The lowest BCUT2D eigenvalue weighted by molar-refractivity contribution is -0.128. The molecule has 130 valence electrons. The van der Waals surface area contributed by atoms with Gasteiger partial charge in [0.15, 0.2) is 0 Å². The fraction of sp³-hybridized carbons (Fsp3) is 0.375. The van der Waals surface area contributed by atoms with Crippen LogP contribution in [0.1, 0.15) is 22.6 Å². The molecule has 0 aliphatic rings. The monoisotopic (exact) mass is 358 g/mol. The number of hydrogen-bond acceptors (Lipinski definition) is 4. The minimum atomic E-state index is -4.53. The number of nitrogens with zero attached hydrogens (tertiary/aromatic N) is 2. The number of aryl methyl sites for hydroxylation is 2. The Kier molecular flexibility index (Phi) is 5.58. The average Bonchev–Trinajstić information content (AvgIpc) is 2.84. The number of aromatic nitrogens is 2. The fourth-order valence-electron chi connectivity index (χ4n) is 2.22. The summed E-state index contributed by atoms with van der Waals surface area (Å²) in [6.07, 6.45) is -5.23. The molecular formula is C16H17F3N2O2S. The first-order valence-electron chi connectivity index (χ1n) is 7.15. The first-order valence-corrected chi connectivity index (χ1v) is 8.03. The van der Waals surface area contributed by atoms with E-state index < -0.39 is 23.8 Å². The summed E-state index contributed by atoms with van der Waals surface area (Å²) in [6, 6.07) is 8.07. The maximum Gasteiger partial charge on any atom is 0.401 e. The van der Waals surface area contributed by atoms with Gasteiger partial charge < -0.3 is 4.74 Å². The molecule has 1 heterocycles. The molecule has 2 rings (SSSR count). The Hall–Kier alpha value is -1.96. The van der Waals surface area contributed by atoms with Gasteiger partial charge in [0.25, 0.3) is 0 Å². The van der Waals surface area contributed by atoms with Gasteiger partial charge in [0, 0.05) is 17.0 Å². The summed E-state index contributed by atoms with van der Waals surface area (Å²) in [5.74, 6) is -0.347. The number of rotatable bonds is 5. The van der Waals surface area contributed by atoms with Crippen LogP contribution in [0.15, 0.2) is 35.2 Å². The SMILES string of the molecule is COc1ccccc1S[C@@H](CC(=O)n1nc(C)cc1C)C(F)(F)F. The van der Waals surface area contributed by atoms with E-state index in [4.69, 9.17) is 4.74 Å². The van der Waals surface area contributed by atoms with E-state index in [1.165, 1.54) is 13.2 Å². The molecule has 4 nitrogen and oxygen atoms in total. The Morgan fingerprint density at radius 1 is 1.33 bits per heavy atom. The van der Waals surface area contributed by atoms with E-state index in [1.807, 2.05) is 0 Å². The zero-order valence-electron chi connectivity index (χ0n) is 13.4. The molecule has 0 spiro atoms. The molecule has 0 saturated heterocycles. The zero-order valence-corrected chi connectivity index (χ0v) is 14.2. The van der Waals surface area contributed by atoms with E-state index in [-0.39, 0.29) is 0 Å². The lowest BCUT2D eigenvalue weighted by atomic mass is 10.2. The molecule has 0 saturated carbocycles. The van der Waals surface area contributed by atoms with Gasteiger partial charge in [-0.2, -0.15) is 18.3 Å². The normalized spacial score (nSPS) is 12.9. The minimum absolute atomic E-state index is 0.337. The summed E-state index contributed by atoms with van der Waals surface area (Å²) in [6.45, 7) is 3.31. The fourth-order valence-corrected chi connectivity index (χ4v) is 3.31. The van der Waals surface area contributed by atoms with Crippen molar-refractivity contribution < 1.29 is 22.7 Å². The van der Waals surface area contributed by atoms with Crippen molar-refractivity contribution in [2.45, 2.75) is 36.6 Å². The van der Waals surface area contributed by atoms with Crippen LogP contribution in [0.3, 0.4) is 0 Å². The standard InChI is InChI=1S/C16H17F3N2O2S/c1-10-8-11(2)21(20-10)15(22)9-14(16(17,18)19)24-13-7-5-4-6-12(13)23-3/h4-8,14H,9H2,1-3H3/t14-/m0/s1. The molecule has 2 aromatic rings. The summed E-state index contributed by atoms with van der Waals surface area (Å²) in [4.78, 5) is 12.6. The first kappa shape index (κ1) is 18.4. The Bertz CT molecular complexity index is 728. The third kappa shape index (κ3) is 4.31. The first-order chi connectivity index (χ1) is 11.2. The highest BCUT2D eigenvalue weighted by Gasteiger charge is 2.42. The van der Waals surface area contributed by atoms with Gasteiger partial charge in [-0.15, -0.1) is 11.8 Å². The summed E-state index contributed by atoms with van der Waals surface area (Å²) < 4.78 is 46.2. The molecule has 0 amide bonds. The van der Waals surface area contributed by atoms with Crippen molar-refractivity contribution >= 4 is 17.7 Å². The van der Waals surface area contributed by atoms with E-state index in [0.717, 1.165) is 4.68 Å². The van der Waals surface area contributed by atoms with Crippen LogP contribution in [-0.4, -0.2) is 34.2 Å². The molecule has 1 aromatic heterocycles. The Morgan fingerprint density at radius 2 is 2.00 bits per heavy atom. The van der Waals surface area contributed by atoms with Gasteiger partial charge >= 0.3 is 6.18 Å². The number of carbonyl (C=O) groups is 1. The summed E-state index contributed by atoms with van der Waals surface area (Å²) in [7, 11) is 1.39. The second-order valence-electron chi connectivity index (χ2n) is 5.24. The van der Waals surface area contributed by atoms with Crippen molar-refractivity contribution in [1.29, 1.82) is 0 Å². The summed E-state index contributed by atoms with van der Waals surface area (Å²) >= 11 is 0.571. The Morgan fingerprint density at radius 3 is 2.54 bits per heavy atom. The smallest absolute Gasteiger partial charge is 0.401 e. The molecule has 0 bridgehead atoms. The molecule has 0 aliphatic carbocycles. The average molecular weight is 358 g/mol. The number of methoxy groups -OCH3 is 1. The topological polar surface area (TPSA) is 44.1 Å². The second-order valence-corrected chi connectivity index (χ2v) is 6.48. The molecule has 0 radical (unpaired) electrons. The van der Waals surface area contributed by atoms with E-state index in [0.29, 0.717) is 33.8 Å². The number of hydrogen-bond donors (Lipinski definition) is 0. The number of halogens is 3. The number of benzene rings is 1. The number of thioether (sulfide) groups is 1. The second kappa shape index (κ2) is 7.29. The van der Waals surface area contributed by atoms with Crippen molar-refractivity contribution in [2.24, 2.45) is 0 Å². The van der Waals surface area contributed by atoms with Crippen LogP contribution in [0.5, 0.6) is 5.75 Å². The van der Waals surface area contributed by atoms with E-state index >= 15 is 0 Å². The molecule has 1 aromatic carbocycles. The molecule has 0 N–H and O–H groups in total. The molecule has 0 fully saturated rings. The predicted octanol–water partition coefficient (Wildman–Crippen LogP) is 4.26. The third-order valence-corrected chi connectivity index (χ3v) is 4.62. The minimum Gasteiger partial charge on any atom is -0.496 e. The highest BCUT2D eigenvalue weighted by atomic mass is 32.2. The van der Waals surface area contributed by atoms with Crippen LogP contribution in [0, 0.1) is 13.8 Å². The molecule has 0 aliphatic heterocycles. The van der Waals surface area contributed by atoms with Crippen LogP contribution < -0.4 is 4.74 Å². The van der Waals surface area contributed by atoms with Gasteiger partial charge in [0.05, 0.1) is 12.8 Å². The quantitative estimate of drug-likeness (QED) is 0.749. The maximum atomic E-state index is 13.4. The van der Waals surface area contributed by atoms with Crippen LogP contribution in [0.4, 0.5) is 13.2 Å².